The molecule has 1 aromatic carbocycles. The molecule has 2 atom stereocenters. The Hall–Kier alpha value is -1.89. The summed E-state index contributed by atoms with van der Waals surface area (Å²) in [6, 6.07) is 7.79. The number of rotatable bonds is 2. The van der Waals surface area contributed by atoms with E-state index in [2.05, 4.69) is 0 Å². The summed E-state index contributed by atoms with van der Waals surface area (Å²) in [5.41, 5.74) is 0.534. The highest BCUT2D eigenvalue weighted by molar-refractivity contribution is 7.87. The van der Waals surface area contributed by atoms with Crippen LogP contribution in [0.1, 0.15) is 12.5 Å². The van der Waals surface area contributed by atoms with Gasteiger partial charge in [-0.1, -0.05) is 30.4 Å². The first-order valence-corrected chi connectivity index (χ1v) is 8.61. The van der Waals surface area contributed by atoms with Gasteiger partial charge in [0.2, 0.25) is 0 Å². The summed E-state index contributed by atoms with van der Waals surface area (Å²) >= 11 is 6.24. The van der Waals surface area contributed by atoms with E-state index >= 15 is 0 Å². The number of hydrogen-bond donors (Lipinski definition) is 0. The van der Waals surface area contributed by atoms with Gasteiger partial charge in [0.15, 0.2) is 0 Å². The van der Waals surface area contributed by atoms with E-state index in [-0.39, 0.29) is 5.57 Å². The minimum absolute atomic E-state index is 0.272. The Morgan fingerprint density at radius 2 is 1.96 bits per heavy atom. The van der Waals surface area contributed by atoms with Crippen LogP contribution in [0.5, 0.6) is 0 Å². The van der Waals surface area contributed by atoms with Gasteiger partial charge in [-0.3, -0.25) is 0 Å². The highest BCUT2D eigenvalue weighted by Crippen LogP contribution is 2.35. The average Bonchev–Trinajstić information content (AvgIpc) is 2.44. The molecule has 1 aliphatic carbocycles. The maximum absolute atomic E-state index is 11.5. The molecule has 0 bridgehead atoms. The molecule has 3 rings (SSSR count). The second kappa shape index (κ2) is 5.33. The van der Waals surface area contributed by atoms with E-state index in [1.54, 1.807) is 25.1 Å². The topological polar surface area (TPSA) is 87.4 Å². The number of hydrogen-bond acceptors (Lipinski definition) is 5. The van der Waals surface area contributed by atoms with Crippen LogP contribution in [0.4, 0.5) is 0 Å². The van der Waals surface area contributed by atoms with E-state index in [1.807, 2.05) is 0 Å². The van der Waals surface area contributed by atoms with E-state index in [9.17, 15) is 17.8 Å². The fourth-order valence-corrected chi connectivity index (χ4v) is 3.53. The summed E-state index contributed by atoms with van der Waals surface area (Å²) in [6.45, 7) is 1.68. The van der Waals surface area contributed by atoms with Crippen LogP contribution in [0.2, 0.25) is 0 Å². The van der Waals surface area contributed by atoms with E-state index in [4.69, 9.17) is 16.0 Å². The van der Waals surface area contributed by atoms with Gasteiger partial charge in [-0.15, -0.1) is 11.6 Å². The van der Waals surface area contributed by atoms with Gasteiger partial charge in [-0.2, -0.15) is 0 Å². The second-order valence-electron chi connectivity index (χ2n) is 5.53. The van der Waals surface area contributed by atoms with Crippen molar-refractivity contribution in [1.29, 1.82) is 0 Å². The van der Waals surface area contributed by atoms with Crippen molar-refractivity contribution in [2.24, 2.45) is 0 Å². The zero-order chi connectivity index (χ0) is 16.8. The van der Waals surface area contributed by atoms with Crippen LogP contribution in [-0.4, -0.2) is 23.1 Å². The third kappa shape index (κ3) is 3.24. The minimum atomic E-state index is -4.59. The lowest BCUT2D eigenvalue weighted by atomic mass is 9.92. The Labute approximate surface area is 137 Å². The molecule has 0 fully saturated rings. The van der Waals surface area contributed by atoms with Crippen molar-refractivity contribution < 1.29 is 17.4 Å². The molecule has 0 radical (unpaired) electrons. The molecule has 7 heteroatoms. The highest BCUT2D eigenvalue weighted by atomic mass is 35.5. The molecule has 1 aromatic heterocycles. The van der Waals surface area contributed by atoms with E-state index in [0.717, 1.165) is 0 Å². The molecular weight excluding hydrogens is 340 g/mol. The summed E-state index contributed by atoms with van der Waals surface area (Å²) in [5, 5.41) is -0.641. The van der Waals surface area contributed by atoms with Crippen LogP contribution in [0.25, 0.3) is 16.5 Å². The Balaban J connectivity index is 2.21. The Kier molecular flexibility index (Phi) is 3.71. The first-order chi connectivity index (χ1) is 10.7. The smallest absolute Gasteiger partial charge is 0.336 e. The highest BCUT2D eigenvalue weighted by Gasteiger charge is 2.29. The van der Waals surface area contributed by atoms with Gasteiger partial charge in [0.25, 0.3) is 0 Å². The van der Waals surface area contributed by atoms with Gasteiger partial charge in [0.1, 0.15) is 15.7 Å². The molecule has 2 unspecified atom stereocenters. The van der Waals surface area contributed by atoms with Gasteiger partial charge in [0.05, 0.1) is 10.1 Å². The van der Waals surface area contributed by atoms with Crippen LogP contribution in [0.3, 0.4) is 0 Å². The monoisotopic (exact) mass is 351 g/mol. The van der Waals surface area contributed by atoms with E-state index in [1.165, 1.54) is 30.4 Å². The molecule has 0 aliphatic heterocycles. The van der Waals surface area contributed by atoms with Crippen LogP contribution < -0.4 is 5.63 Å². The Morgan fingerprint density at radius 3 is 2.65 bits per heavy atom. The van der Waals surface area contributed by atoms with Crippen molar-refractivity contribution in [2.45, 2.75) is 17.0 Å². The Morgan fingerprint density at radius 1 is 1.26 bits per heavy atom. The zero-order valence-corrected chi connectivity index (χ0v) is 13.6. The molecule has 23 heavy (non-hydrogen) atoms. The van der Waals surface area contributed by atoms with Gasteiger partial charge < -0.3 is 8.97 Å². The molecule has 1 heterocycles. The van der Waals surface area contributed by atoms with Gasteiger partial charge in [0, 0.05) is 11.5 Å². The SMILES string of the molecule is CC1(Cl)C=CC(S(=O)(=O)[O-])C(c2ccc3ccc(=O)oc3c2)=C1. The Bertz CT molecular complexity index is 999. The standard InChI is InChI=1S/C16H13ClO5S/c1-16(17)7-6-14(23(19,20)21)12(9-16)11-3-2-10-4-5-15(18)22-13(10)8-11/h2-9,14H,1H3,(H,19,20,21)/p-1. The molecule has 5 nitrogen and oxygen atoms in total. The van der Waals surface area contributed by atoms with Gasteiger partial charge >= 0.3 is 5.63 Å². The lowest BCUT2D eigenvalue weighted by molar-refractivity contribution is 0.461. The molecule has 0 saturated heterocycles. The predicted molar refractivity (Wildman–Crippen MR) is 87.3 cm³/mol. The lowest BCUT2D eigenvalue weighted by Crippen LogP contribution is -2.27. The van der Waals surface area contributed by atoms with E-state index in [0.29, 0.717) is 16.5 Å². The summed E-state index contributed by atoms with van der Waals surface area (Å²) < 4.78 is 39.7. The molecule has 0 saturated carbocycles. The van der Waals surface area contributed by atoms with Crippen molar-refractivity contribution in [3.8, 4) is 0 Å². The number of halogens is 1. The maximum atomic E-state index is 11.5. The average molecular weight is 352 g/mol. The molecule has 1 aliphatic rings. The molecule has 0 N–H and O–H groups in total. The van der Waals surface area contributed by atoms with Crippen LogP contribution >= 0.6 is 11.6 Å². The summed E-state index contributed by atoms with van der Waals surface area (Å²) in [6.07, 6.45) is 4.28. The molecular formula is C16H12ClO5S-. The van der Waals surface area contributed by atoms with Crippen molar-refractivity contribution in [2.75, 3.05) is 0 Å². The van der Waals surface area contributed by atoms with Gasteiger partial charge in [-0.05, 0) is 30.2 Å². The van der Waals surface area contributed by atoms with Crippen molar-refractivity contribution >= 4 is 38.3 Å². The summed E-state index contributed by atoms with van der Waals surface area (Å²) in [4.78, 5) is 10.4. The number of benzene rings is 1. The normalized spacial score (nSPS) is 24.7. The van der Waals surface area contributed by atoms with Crippen LogP contribution in [0, 0.1) is 0 Å². The molecule has 120 valence electrons. The summed E-state index contributed by atoms with van der Waals surface area (Å²) in [5.74, 6) is 0. The van der Waals surface area contributed by atoms with Crippen molar-refractivity contribution in [1.82, 2.24) is 0 Å². The molecule has 0 spiro atoms. The minimum Gasteiger partial charge on any atom is -0.747 e. The number of allylic oxidation sites excluding steroid dienone is 2. The third-order valence-corrected chi connectivity index (χ3v) is 4.88. The van der Waals surface area contributed by atoms with Crippen molar-refractivity contribution in [3.63, 3.8) is 0 Å². The quantitative estimate of drug-likeness (QED) is 0.359. The van der Waals surface area contributed by atoms with Crippen LogP contribution in [-0.2, 0) is 10.1 Å². The number of alkyl halides is 1. The summed E-state index contributed by atoms with van der Waals surface area (Å²) in [7, 11) is -4.59. The van der Waals surface area contributed by atoms with E-state index < -0.39 is 25.9 Å². The molecule has 0 amide bonds. The first-order valence-electron chi connectivity index (χ1n) is 6.76. The fraction of sp³-hybridized carbons (Fsp3) is 0.188. The predicted octanol–water partition coefficient (Wildman–Crippen LogP) is 2.66. The lowest BCUT2D eigenvalue weighted by Gasteiger charge is -2.28. The molecule has 2 aromatic rings. The second-order valence-corrected chi connectivity index (χ2v) is 7.84. The zero-order valence-electron chi connectivity index (χ0n) is 12.0. The van der Waals surface area contributed by atoms with Crippen LogP contribution in [0.15, 0.2) is 57.8 Å². The van der Waals surface area contributed by atoms with Crippen molar-refractivity contribution in [3.05, 3.63) is 64.5 Å². The third-order valence-electron chi connectivity index (χ3n) is 3.61. The maximum Gasteiger partial charge on any atom is 0.336 e. The largest absolute Gasteiger partial charge is 0.747 e. The fourth-order valence-electron chi connectivity index (χ4n) is 2.55. The first kappa shape index (κ1) is 16.0. The van der Waals surface area contributed by atoms with Gasteiger partial charge in [-0.25, -0.2) is 13.2 Å². The number of fused-ring (bicyclic) bond motifs is 1.